The topological polar surface area (TPSA) is 106 Å². The minimum absolute atomic E-state index is 0.122. The van der Waals surface area contributed by atoms with Gasteiger partial charge >= 0.3 is 0 Å². The average molecular weight is 346 g/mol. The van der Waals surface area contributed by atoms with E-state index in [-0.39, 0.29) is 12.0 Å². The van der Waals surface area contributed by atoms with Gasteiger partial charge in [0, 0.05) is 32.5 Å². The molecule has 2 N–H and O–H groups in total. The Bertz CT molecular complexity index is 732. The van der Waals surface area contributed by atoms with E-state index in [2.05, 4.69) is 35.8 Å². The van der Waals surface area contributed by atoms with E-state index in [1.807, 2.05) is 25.5 Å². The van der Waals surface area contributed by atoms with Gasteiger partial charge in [-0.3, -0.25) is 4.99 Å². The van der Waals surface area contributed by atoms with E-state index < -0.39 is 0 Å². The molecule has 3 rings (SSSR count). The van der Waals surface area contributed by atoms with Gasteiger partial charge in [0.25, 0.3) is 0 Å². The van der Waals surface area contributed by atoms with Gasteiger partial charge in [0.1, 0.15) is 11.6 Å². The van der Waals surface area contributed by atoms with E-state index in [4.69, 9.17) is 4.52 Å². The summed E-state index contributed by atoms with van der Waals surface area (Å²) in [7, 11) is 1.76. The molecule has 25 heavy (non-hydrogen) atoms. The molecule has 1 aliphatic rings. The van der Waals surface area contributed by atoms with Gasteiger partial charge in [-0.15, -0.1) is 0 Å². The lowest BCUT2D eigenvalue weighted by molar-refractivity contribution is 0.370. The lowest BCUT2D eigenvalue weighted by Crippen LogP contribution is -2.42. The minimum Gasteiger partial charge on any atom is -0.356 e. The number of nitrogens with zero attached hydrogens (tertiary/aromatic N) is 6. The Hall–Kier alpha value is -2.45. The fraction of sp³-hybridized carbons (Fsp3) is 0.688. The van der Waals surface area contributed by atoms with E-state index >= 15 is 0 Å². The maximum atomic E-state index is 5.26. The molecule has 1 unspecified atom stereocenters. The molecule has 3 heterocycles. The molecule has 0 aromatic carbocycles. The highest BCUT2D eigenvalue weighted by Gasteiger charge is 2.24. The molecular weight excluding hydrogens is 320 g/mol. The van der Waals surface area contributed by atoms with E-state index in [0.29, 0.717) is 18.9 Å². The van der Waals surface area contributed by atoms with E-state index in [1.165, 1.54) is 0 Å². The van der Waals surface area contributed by atoms with Gasteiger partial charge in [0.2, 0.25) is 5.89 Å². The second-order valence-electron chi connectivity index (χ2n) is 6.53. The standard InChI is InChI=1S/C16H26N8O/c1-10(2)14-21-13(25-23-14)7-8-18-16(17-4)20-12-6-5-9-24-15(12)19-11(3)22-24/h10,12H,5-9H2,1-4H3,(H2,17,18,20). The van der Waals surface area contributed by atoms with Gasteiger partial charge in [-0.1, -0.05) is 19.0 Å². The maximum absolute atomic E-state index is 5.26. The Labute approximate surface area is 147 Å². The molecular formula is C16H26N8O. The molecule has 0 spiro atoms. The monoisotopic (exact) mass is 346 g/mol. The van der Waals surface area contributed by atoms with E-state index in [1.54, 1.807) is 7.05 Å². The van der Waals surface area contributed by atoms with E-state index in [9.17, 15) is 0 Å². The zero-order valence-corrected chi connectivity index (χ0v) is 15.3. The number of aryl methyl sites for hydroxylation is 2. The van der Waals surface area contributed by atoms with Crippen molar-refractivity contribution in [3.05, 3.63) is 23.4 Å². The van der Waals surface area contributed by atoms with Gasteiger partial charge in [0.05, 0.1) is 6.04 Å². The Morgan fingerprint density at radius 2 is 2.24 bits per heavy atom. The first-order valence-corrected chi connectivity index (χ1v) is 8.78. The van der Waals surface area contributed by atoms with Crippen molar-refractivity contribution in [3.63, 3.8) is 0 Å². The molecule has 1 atom stereocenters. The van der Waals surface area contributed by atoms with Crippen LogP contribution in [-0.4, -0.2) is 44.5 Å². The first-order chi connectivity index (χ1) is 12.1. The van der Waals surface area contributed by atoms with Crippen LogP contribution in [-0.2, 0) is 13.0 Å². The highest BCUT2D eigenvalue weighted by atomic mass is 16.5. The van der Waals surface area contributed by atoms with Crippen LogP contribution in [0.2, 0.25) is 0 Å². The number of fused-ring (bicyclic) bond motifs is 1. The molecule has 0 fully saturated rings. The van der Waals surface area contributed by atoms with Crippen molar-refractivity contribution >= 4 is 5.96 Å². The van der Waals surface area contributed by atoms with Gasteiger partial charge < -0.3 is 15.2 Å². The minimum atomic E-state index is 0.122. The number of nitrogens with one attached hydrogen (secondary N) is 2. The Balaban J connectivity index is 1.53. The van der Waals surface area contributed by atoms with Crippen molar-refractivity contribution in [2.45, 2.75) is 58.5 Å². The number of aliphatic imine (C=N–C) groups is 1. The smallest absolute Gasteiger partial charge is 0.228 e. The molecule has 9 heteroatoms. The molecule has 0 bridgehead atoms. The summed E-state index contributed by atoms with van der Waals surface area (Å²) < 4.78 is 7.24. The maximum Gasteiger partial charge on any atom is 0.228 e. The highest BCUT2D eigenvalue weighted by Crippen LogP contribution is 2.22. The molecule has 1 aliphatic heterocycles. The number of hydrogen-bond donors (Lipinski definition) is 2. The molecule has 2 aromatic rings. The lowest BCUT2D eigenvalue weighted by Gasteiger charge is -2.24. The third-order valence-corrected chi connectivity index (χ3v) is 4.15. The van der Waals surface area contributed by atoms with Crippen LogP contribution in [0.1, 0.15) is 62.0 Å². The van der Waals surface area contributed by atoms with Crippen LogP contribution in [0, 0.1) is 6.92 Å². The first kappa shape index (κ1) is 17.4. The molecule has 2 aromatic heterocycles. The summed E-state index contributed by atoms with van der Waals surface area (Å²) in [6.07, 6.45) is 2.74. The van der Waals surface area contributed by atoms with Gasteiger partial charge in [-0.2, -0.15) is 10.1 Å². The van der Waals surface area contributed by atoms with Gasteiger partial charge in [0.15, 0.2) is 11.8 Å². The summed E-state index contributed by atoms with van der Waals surface area (Å²) in [6, 6.07) is 0.122. The van der Waals surface area contributed by atoms with E-state index in [0.717, 1.165) is 42.8 Å². The Morgan fingerprint density at radius 3 is 2.96 bits per heavy atom. The predicted molar refractivity (Wildman–Crippen MR) is 93.3 cm³/mol. The number of guanidine groups is 1. The van der Waals surface area contributed by atoms with Crippen molar-refractivity contribution < 1.29 is 4.52 Å². The van der Waals surface area contributed by atoms with Crippen LogP contribution in [0.25, 0.3) is 0 Å². The fourth-order valence-electron chi connectivity index (χ4n) is 2.86. The van der Waals surface area contributed by atoms with Crippen LogP contribution in [0.15, 0.2) is 9.52 Å². The molecule has 0 saturated heterocycles. The first-order valence-electron chi connectivity index (χ1n) is 8.78. The number of hydrogen-bond acceptors (Lipinski definition) is 6. The molecule has 0 amide bonds. The number of aromatic nitrogens is 5. The quantitative estimate of drug-likeness (QED) is 0.621. The molecule has 136 valence electrons. The van der Waals surface area contributed by atoms with Crippen LogP contribution >= 0.6 is 0 Å². The van der Waals surface area contributed by atoms with Crippen LogP contribution < -0.4 is 10.6 Å². The summed E-state index contributed by atoms with van der Waals surface area (Å²) in [5.41, 5.74) is 0. The Kier molecular flexibility index (Phi) is 5.30. The zero-order chi connectivity index (χ0) is 17.8. The third-order valence-electron chi connectivity index (χ3n) is 4.15. The summed E-state index contributed by atoms with van der Waals surface area (Å²) >= 11 is 0. The normalized spacial score (nSPS) is 17.6. The van der Waals surface area contributed by atoms with Crippen molar-refractivity contribution in [2.24, 2.45) is 4.99 Å². The number of rotatable bonds is 5. The van der Waals surface area contributed by atoms with Crippen molar-refractivity contribution in [2.75, 3.05) is 13.6 Å². The summed E-state index contributed by atoms with van der Waals surface area (Å²) in [6.45, 7) is 7.60. The predicted octanol–water partition coefficient (Wildman–Crippen LogP) is 1.34. The zero-order valence-electron chi connectivity index (χ0n) is 15.3. The van der Waals surface area contributed by atoms with Crippen LogP contribution in [0.3, 0.4) is 0 Å². The molecule has 0 radical (unpaired) electrons. The van der Waals surface area contributed by atoms with Gasteiger partial charge in [-0.25, -0.2) is 9.67 Å². The van der Waals surface area contributed by atoms with Crippen molar-refractivity contribution in [3.8, 4) is 0 Å². The summed E-state index contributed by atoms with van der Waals surface area (Å²) in [5, 5.41) is 15.1. The van der Waals surface area contributed by atoms with Crippen molar-refractivity contribution in [1.82, 2.24) is 35.5 Å². The van der Waals surface area contributed by atoms with Crippen LogP contribution in [0.5, 0.6) is 0 Å². The second-order valence-corrected chi connectivity index (χ2v) is 6.53. The Morgan fingerprint density at radius 1 is 1.40 bits per heavy atom. The highest BCUT2D eigenvalue weighted by molar-refractivity contribution is 5.80. The fourth-order valence-corrected chi connectivity index (χ4v) is 2.86. The third kappa shape index (κ3) is 4.15. The molecule has 0 saturated carbocycles. The van der Waals surface area contributed by atoms with Gasteiger partial charge in [-0.05, 0) is 19.8 Å². The second kappa shape index (κ2) is 7.62. The lowest BCUT2D eigenvalue weighted by atomic mass is 10.1. The summed E-state index contributed by atoms with van der Waals surface area (Å²) in [4.78, 5) is 13.2. The molecule has 0 aliphatic carbocycles. The summed E-state index contributed by atoms with van der Waals surface area (Å²) in [5.74, 6) is 4.18. The average Bonchev–Trinajstić information content (AvgIpc) is 3.20. The molecule has 9 nitrogen and oxygen atoms in total. The van der Waals surface area contributed by atoms with Crippen LogP contribution in [0.4, 0.5) is 0 Å². The largest absolute Gasteiger partial charge is 0.356 e. The van der Waals surface area contributed by atoms with Crippen molar-refractivity contribution in [1.29, 1.82) is 0 Å². The SMILES string of the molecule is CN=C(NCCc1nc(C(C)C)no1)NC1CCCn2nc(C)nc21.